The van der Waals surface area contributed by atoms with Gasteiger partial charge in [-0.3, -0.25) is 13.8 Å². The van der Waals surface area contributed by atoms with E-state index in [0.717, 1.165) is 22.6 Å². The molecule has 3 aromatic carbocycles. The predicted molar refractivity (Wildman–Crippen MR) is 124 cm³/mol. The summed E-state index contributed by atoms with van der Waals surface area (Å²) in [4.78, 5) is 14.3. The van der Waals surface area contributed by atoms with E-state index in [4.69, 9.17) is 12.2 Å². The molecular weight excluding hydrogens is 453 g/mol. The third kappa shape index (κ3) is 3.45. The van der Waals surface area contributed by atoms with E-state index in [2.05, 4.69) is 0 Å². The lowest BCUT2D eigenvalue weighted by Crippen LogP contribution is -2.24. The Balaban J connectivity index is 1.84. The largest absolute Gasteiger partial charge is 0.416 e. The van der Waals surface area contributed by atoms with E-state index in [0.29, 0.717) is 26.1 Å². The van der Waals surface area contributed by atoms with Crippen molar-refractivity contribution in [3.63, 3.8) is 0 Å². The number of thiazole rings is 1. The summed E-state index contributed by atoms with van der Waals surface area (Å²) < 4.78 is 43.7. The highest BCUT2D eigenvalue weighted by molar-refractivity contribution is 7.73. The number of benzene rings is 3. The predicted octanol–water partition coefficient (Wildman–Crippen LogP) is 6.78. The molecule has 0 fully saturated rings. The van der Waals surface area contributed by atoms with Crippen LogP contribution >= 0.6 is 23.6 Å². The van der Waals surface area contributed by atoms with Crippen LogP contribution in [0.4, 0.5) is 13.2 Å². The number of alkyl halides is 3. The first-order valence-corrected chi connectivity index (χ1v) is 11.0. The lowest BCUT2D eigenvalue weighted by molar-refractivity contribution is -0.137. The Morgan fingerprint density at radius 2 is 1.62 bits per heavy atom. The van der Waals surface area contributed by atoms with Crippen LogP contribution in [0, 0.1) is 3.95 Å². The minimum absolute atomic E-state index is 0.0115. The van der Waals surface area contributed by atoms with Crippen LogP contribution in [-0.2, 0) is 12.7 Å². The number of aromatic nitrogens is 2. The minimum Gasteiger partial charge on any atom is -0.288 e. The number of nitrogens with zero attached hydrogens (tertiary/aromatic N) is 2. The van der Waals surface area contributed by atoms with Crippen molar-refractivity contribution in [1.29, 1.82) is 0 Å². The van der Waals surface area contributed by atoms with Crippen molar-refractivity contribution in [2.75, 3.05) is 0 Å². The van der Waals surface area contributed by atoms with Crippen molar-refractivity contribution in [1.82, 2.24) is 8.97 Å². The molecule has 8 heteroatoms. The first kappa shape index (κ1) is 20.7. The Labute approximate surface area is 189 Å². The SMILES string of the molecule is O=c1c2ccccc2n2c(=S)sc(-c3ccccc3)c2n1Cc1cccc(C(F)(F)F)c1. The summed E-state index contributed by atoms with van der Waals surface area (Å²) in [5, 5.41) is 0.459. The summed E-state index contributed by atoms with van der Waals surface area (Å²) in [6, 6.07) is 21.7. The van der Waals surface area contributed by atoms with Gasteiger partial charge in [-0.25, -0.2) is 0 Å². The molecule has 0 aliphatic carbocycles. The van der Waals surface area contributed by atoms with Gasteiger partial charge < -0.3 is 0 Å². The lowest BCUT2D eigenvalue weighted by atomic mass is 10.1. The molecule has 5 aromatic rings. The summed E-state index contributed by atoms with van der Waals surface area (Å²) in [6.07, 6.45) is -4.46. The van der Waals surface area contributed by atoms with Crippen LogP contribution in [-0.4, -0.2) is 8.97 Å². The standard InChI is InChI=1S/C24H15F3N2OS2/c25-24(26,27)17-10-6-7-15(13-17)14-28-21-20(16-8-2-1-3-9-16)32-23(31)29(21)19-12-5-4-11-18(19)22(28)30/h1-13H,14H2. The summed E-state index contributed by atoms with van der Waals surface area (Å²) in [5.41, 5.74) is 1.51. The van der Waals surface area contributed by atoms with E-state index in [1.54, 1.807) is 18.2 Å². The summed E-state index contributed by atoms with van der Waals surface area (Å²) in [7, 11) is 0. The smallest absolute Gasteiger partial charge is 0.288 e. The molecule has 0 atom stereocenters. The van der Waals surface area contributed by atoms with Gasteiger partial charge >= 0.3 is 6.18 Å². The fourth-order valence-electron chi connectivity index (χ4n) is 3.87. The number of para-hydroxylation sites is 1. The van der Waals surface area contributed by atoms with Gasteiger partial charge in [-0.2, -0.15) is 13.2 Å². The maximum absolute atomic E-state index is 13.5. The number of hydrogen-bond acceptors (Lipinski definition) is 3. The van der Waals surface area contributed by atoms with Gasteiger partial charge in [-0.1, -0.05) is 54.6 Å². The molecule has 0 spiro atoms. The molecule has 0 aliphatic rings. The number of hydrogen-bond donors (Lipinski definition) is 0. The van der Waals surface area contributed by atoms with E-state index >= 15 is 0 Å². The molecule has 0 aliphatic heterocycles. The highest BCUT2D eigenvalue weighted by Crippen LogP contribution is 2.34. The van der Waals surface area contributed by atoms with Crippen LogP contribution in [0.25, 0.3) is 27.0 Å². The molecule has 0 N–H and O–H groups in total. The van der Waals surface area contributed by atoms with E-state index in [9.17, 15) is 18.0 Å². The van der Waals surface area contributed by atoms with Crippen LogP contribution in [0.1, 0.15) is 11.1 Å². The molecule has 2 heterocycles. The van der Waals surface area contributed by atoms with Crippen molar-refractivity contribution >= 4 is 40.1 Å². The van der Waals surface area contributed by atoms with Gasteiger partial charge in [0.05, 0.1) is 27.9 Å². The van der Waals surface area contributed by atoms with Crippen LogP contribution in [0.5, 0.6) is 0 Å². The normalized spacial score (nSPS) is 12.0. The van der Waals surface area contributed by atoms with Crippen molar-refractivity contribution in [2.24, 2.45) is 0 Å². The second kappa shape index (κ2) is 7.72. The Morgan fingerprint density at radius 3 is 2.38 bits per heavy atom. The van der Waals surface area contributed by atoms with Crippen molar-refractivity contribution < 1.29 is 13.2 Å². The second-order valence-electron chi connectivity index (χ2n) is 7.33. The van der Waals surface area contributed by atoms with Gasteiger partial charge in [0, 0.05) is 0 Å². The molecule has 5 rings (SSSR count). The van der Waals surface area contributed by atoms with Gasteiger partial charge in [-0.15, -0.1) is 11.3 Å². The molecule has 0 radical (unpaired) electrons. The first-order valence-electron chi connectivity index (χ1n) is 9.73. The average molecular weight is 469 g/mol. The third-order valence-electron chi connectivity index (χ3n) is 5.29. The molecule has 3 nitrogen and oxygen atoms in total. The molecule has 32 heavy (non-hydrogen) atoms. The molecule has 0 bridgehead atoms. The second-order valence-corrected chi connectivity index (χ2v) is 8.97. The van der Waals surface area contributed by atoms with Gasteiger partial charge in [0.25, 0.3) is 5.56 Å². The molecule has 0 unspecified atom stereocenters. The monoisotopic (exact) mass is 468 g/mol. The number of halogens is 3. The molecular formula is C24H15F3N2OS2. The molecule has 0 saturated heterocycles. The maximum Gasteiger partial charge on any atom is 0.416 e. The summed E-state index contributed by atoms with van der Waals surface area (Å²) in [6.45, 7) is -0.0115. The van der Waals surface area contributed by atoms with E-state index in [1.807, 2.05) is 46.9 Å². The van der Waals surface area contributed by atoms with Gasteiger partial charge in [0.2, 0.25) is 0 Å². The van der Waals surface area contributed by atoms with Crippen molar-refractivity contribution in [2.45, 2.75) is 12.7 Å². The van der Waals surface area contributed by atoms with Gasteiger partial charge in [-0.05, 0) is 47.6 Å². The highest BCUT2D eigenvalue weighted by Gasteiger charge is 2.30. The quantitative estimate of drug-likeness (QED) is 0.273. The topological polar surface area (TPSA) is 26.4 Å². The van der Waals surface area contributed by atoms with Gasteiger partial charge in [0.1, 0.15) is 5.65 Å². The van der Waals surface area contributed by atoms with Crippen LogP contribution in [0.15, 0.2) is 83.7 Å². The van der Waals surface area contributed by atoms with Crippen LogP contribution < -0.4 is 5.56 Å². The average Bonchev–Trinajstić information content (AvgIpc) is 3.14. The Hall–Kier alpha value is -3.23. The fourth-order valence-corrected chi connectivity index (χ4v) is 5.30. The zero-order chi connectivity index (χ0) is 22.5. The molecule has 2 aromatic heterocycles. The van der Waals surface area contributed by atoms with Crippen molar-refractivity contribution in [3.8, 4) is 10.4 Å². The number of fused-ring (bicyclic) bond motifs is 3. The fraction of sp³-hybridized carbons (Fsp3) is 0.0833. The molecule has 0 saturated carbocycles. The first-order chi connectivity index (χ1) is 15.3. The molecule has 160 valence electrons. The Bertz CT molecular complexity index is 1580. The highest BCUT2D eigenvalue weighted by atomic mass is 32.1. The summed E-state index contributed by atoms with van der Waals surface area (Å²) >= 11 is 7.03. The van der Waals surface area contributed by atoms with Crippen molar-refractivity contribution in [3.05, 3.63) is 104 Å². The van der Waals surface area contributed by atoms with E-state index in [1.165, 1.54) is 22.0 Å². The third-order valence-corrected chi connectivity index (χ3v) is 6.71. The Morgan fingerprint density at radius 1 is 0.906 bits per heavy atom. The number of rotatable bonds is 3. The zero-order valence-corrected chi connectivity index (χ0v) is 18.1. The van der Waals surface area contributed by atoms with E-state index in [-0.39, 0.29) is 12.1 Å². The lowest BCUT2D eigenvalue weighted by Gasteiger charge is -2.14. The zero-order valence-electron chi connectivity index (χ0n) is 16.5. The molecule has 0 amide bonds. The van der Waals surface area contributed by atoms with Crippen LogP contribution in [0.2, 0.25) is 0 Å². The van der Waals surface area contributed by atoms with E-state index < -0.39 is 11.7 Å². The summed E-state index contributed by atoms with van der Waals surface area (Å²) in [5.74, 6) is 0. The minimum atomic E-state index is -4.46. The maximum atomic E-state index is 13.5. The van der Waals surface area contributed by atoms with Crippen LogP contribution in [0.3, 0.4) is 0 Å². The van der Waals surface area contributed by atoms with Gasteiger partial charge in [0.15, 0.2) is 3.95 Å². The Kier molecular flexibility index (Phi) is 4.98.